The zero-order valence-electron chi connectivity index (χ0n) is 13.3. The fourth-order valence-corrected chi connectivity index (χ4v) is 3.61. The molecule has 1 aliphatic heterocycles. The van der Waals surface area contributed by atoms with Crippen molar-refractivity contribution in [2.24, 2.45) is 0 Å². The fraction of sp³-hybridized carbons (Fsp3) is 0.529. The summed E-state index contributed by atoms with van der Waals surface area (Å²) in [4.78, 5) is 2.39. The molecule has 0 amide bonds. The predicted molar refractivity (Wildman–Crippen MR) is 90.7 cm³/mol. The van der Waals surface area contributed by atoms with Crippen molar-refractivity contribution in [3.8, 4) is 5.88 Å². The van der Waals surface area contributed by atoms with Crippen molar-refractivity contribution >= 4 is 17.5 Å². The first-order chi connectivity index (χ1) is 10.8. The number of piperidine rings is 1. The van der Waals surface area contributed by atoms with Crippen molar-refractivity contribution in [1.82, 2.24) is 8.75 Å². The van der Waals surface area contributed by atoms with Crippen LogP contribution in [0.15, 0.2) is 24.3 Å². The van der Waals surface area contributed by atoms with Crippen LogP contribution in [0.25, 0.3) is 0 Å². The normalized spacial score (nSPS) is 18.5. The Morgan fingerprint density at radius 2 is 2.23 bits per heavy atom. The van der Waals surface area contributed by atoms with Crippen LogP contribution in [0.3, 0.4) is 0 Å². The maximum atomic E-state index is 5.96. The van der Waals surface area contributed by atoms with Crippen molar-refractivity contribution in [1.29, 1.82) is 0 Å². The molecule has 0 N–H and O–H groups in total. The first-order valence-corrected chi connectivity index (χ1v) is 8.78. The second kappa shape index (κ2) is 7.09. The van der Waals surface area contributed by atoms with E-state index in [2.05, 4.69) is 51.8 Å². The Hall–Kier alpha value is -1.62. The highest BCUT2D eigenvalue weighted by Gasteiger charge is 2.26. The number of benzene rings is 1. The molecule has 4 nitrogen and oxygen atoms in total. The molecule has 22 heavy (non-hydrogen) atoms. The van der Waals surface area contributed by atoms with Gasteiger partial charge >= 0.3 is 0 Å². The number of nitrogens with zero attached hydrogens (tertiary/aromatic N) is 3. The lowest BCUT2D eigenvalue weighted by atomic mass is 10.0. The van der Waals surface area contributed by atoms with Crippen molar-refractivity contribution in [2.75, 3.05) is 11.4 Å². The lowest BCUT2D eigenvalue weighted by Crippen LogP contribution is -2.39. The molecule has 3 rings (SSSR count). The van der Waals surface area contributed by atoms with E-state index in [0.717, 1.165) is 18.8 Å². The number of aryl methyl sites for hydroxylation is 1. The molecular formula is C17H23N3OS. The van der Waals surface area contributed by atoms with Gasteiger partial charge in [0.1, 0.15) is 6.61 Å². The summed E-state index contributed by atoms with van der Waals surface area (Å²) < 4.78 is 14.8. The van der Waals surface area contributed by atoms with Crippen molar-refractivity contribution in [2.45, 2.75) is 52.2 Å². The third kappa shape index (κ3) is 3.40. The van der Waals surface area contributed by atoms with E-state index in [4.69, 9.17) is 4.74 Å². The lowest BCUT2D eigenvalue weighted by molar-refractivity contribution is 0.294. The Morgan fingerprint density at radius 1 is 1.32 bits per heavy atom. The van der Waals surface area contributed by atoms with Crippen LogP contribution < -0.4 is 9.64 Å². The summed E-state index contributed by atoms with van der Waals surface area (Å²) in [7, 11) is 0. The van der Waals surface area contributed by atoms with Crippen molar-refractivity contribution in [3.05, 3.63) is 35.4 Å². The average Bonchev–Trinajstić information content (AvgIpc) is 3.01. The Bertz CT molecular complexity index is 613. The van der Waals surface area contributed by atoms with Gasteiger partial charge in [-0.2, -0.15) is 4.37 Å². The van der Waals surface area contributed by atoms with Crippen LogP contribution in [0.1, 0.15) is 43.7 Å². The Balaban J connectivity index is 1.71. The Kier molecular flexibility index (Phi) is 4.93. The number of aromatic nitrogens is 2. The highest BCUT2D eigenvalue weighted by atomic mass is 32.1. The van der Waals surface area contributed by atoms with E-state index in [0.29, 0.717) is 18.5 Å². The molecular weight excluding hydrogens is 294 g/mol. The number of ether oxygens (including phenoxy) is 1. The predicted octanol–water partition coefficient (Wildman–Crippen LogP) is 4.19. The molecule has 1 unspecified atom stereocenters. The monoisotopic (exact) mass is 317 g/mol. The number of hydrogen-bond donors (Lipinski definition) is 0. The van der Waals surface area contributed by atoms with Gasteiger partial charge < -0.3 is 9.64 Å². The van der Waals surface area contributed by atoms with E-state index in [-0.39, 0.29) is 0 Å². The van der Waals surface area contributed by atoms with E-state index in [9.17, 15) is 0 Å². The molecule has 1 fully saturated rings. The van der Waals surface area contributed by atoms with Crippen molar-refractivity contribution in [3.63, 3.8) is 0 Å². The van der Waals surface area contributed by atoms with E-state index < -0.39 is 0 Å². The summed E-state index contributed by atoms with van der Waals surface area (Å²) in [5, 5.41) is 0. The largest absolute Gasteiger partial charge is 0.470 e. The van der Waals surface area contributed by atoms with Gasteiger partial charge in [0.25, 0.3) is 5.88 Å². The van der Waals surface area contributed by atoms with Crippen LogP contribution in [0.2, 0.25) is 0 Å². The molecule has 2 aromatic rings. The van der Waals surface area contributed by atoms with E-state index in [1.54, 1.807) is 0 Å². The van der Waals surface area contributed by atoms with Gasteiger partial charge in [-0.25, -0.2) is 0 Å². The summed E-state index contributed by atoms with van der Waals surface area (Å²) in [6, 6.07) is 8.96. The molecule has 5 heteroatoms. The topological polar surface area (TPSA) is 38.2 Å². The molecule has 2 heterocycles. The lowest BCUT2D eigenvalue weighted by Gasteiger charge is -2.35. The third-order valence-electron chi connectivity index (χ3n) is 4.27. The summed E-state index contributed by atoms with van der Waals surface area (Å²) in [6.07, 6.45) is 4.93. The summed E-state index contributed by atoms with van der Waals surface area (Å²) in [5.74, 6) is 1.62. The highest BCUT2D eigenvalue weighted by molar-refractivity contribution is 6.99. The first-order valence-electron chi connectivity index (χ1n) is 8.05. The standard InChI is InChI=1S/C17H23N3OS/c1-3-15-9-4-5-10-20(15)16-17(19-22-18-16)21-12-14-8-6-7-13(2)11-14/h6-8,11,15H,3-5,9-10,12H2,1-2H3. The van der Waals surface area contributed by atoms with E-state index in [1.807, 2.05) is 0 Å². The molecule has 1 saturated heterocycles. The molecule has 0 aliphatic carbocycles. The summed E-state index contributed by atoms with van der Waals surface area (Å²) >= 11 is 1.24. The van der Waals surface area contributed by atoms with Gasteiger partial charge in [0.05, 0.1) is 11.7 Å². The molecule has 1 aromatic heterocycles. The van der Waals surface area contributed by atoms with Crippen molar-refractivity contribution < 1.29 is 4.74 Å². The van der Waals surface area contributed by atoms with Gasteiger partial charge in [0.2, 0.25) is 5.82 Å². The zero-order chi connectivity index (χ0) is 15.4. The van der Waals surface area contributed by atoms with Gasteiger partial charge in [0, 0.05) is 12.6 Å². The van der Waals surface area contributed by atoms with Gasteiger partial charge in [-0.1, -0.05) is 36.8 Å². The van der Waals surface area contributed by atoms with E-state index >= 15 is 0 Å². The molecule has 1 aromatic carbocycles. The minimum atomic E-state index is 0.546. The highest BCUT2D eigenvalue weighted by Crippen LogP contribution is 2.32. The fourth-order valence-electron chi connectivity index (χ4n) is 3.10. The molecule has 0 saturated carbocycles. The SMILES string of the molecule is CCC1CCCCN1c1nsnc1OCc1cccc(C)c1. The van der Waals surface area contributed by atoms with E-state index in [1.165, 1.54) is 42.1 Å². The van der Waals surface area contributed by atoms with Crippen LogP contribution in [0, 0.1) is 6.92 Å². The Labute approximate surface area is 136 Å². The van der Waals surface area contributed by atoms with Crippen LogP contribution >= 0.6 is 11.7 Å². The van der Waals surface area contributed by atoms with Crippen LogP contribution in [-0.2, 0) is 6.61 Å². The molecule has 0 spiro atoms. The average molecular weight is 317 g/mol. The third-order valence-corrected chi connectivity index (χ3v) is 4.77. The molecule has 1 aliphatic rings. The minimum absolute atomic E-state index is 0.546. The summed E-state index contributed by atoms with van der Waals surface area (Å²) in [6.45, 7) is 5.95. The molecule has 118 valence electrons. The molecule has 0 radical (unpaired) electrons. The summed E-state index contributed by atoms with van der Waals surface area (Å²) in [5.41, 5.74) is 2.42. The second-order valence-electron chi connectivity index (χ2n) is 5.92. The smallest absolute Gasteiger partial charge is 0.271 e. The Morgan fingerprint density at radius 3 is 3.05 bits per heavy atom. The quantitative estimate of drug-likeness (QED) is 0.828. The first kappa shape index (κ1) is 15.3. The van der Waals surface area contributed by atoms with Gasteiger partial charge in [-0.05, 0) is 38.2 Å². The van der Waals surface area contributed by atoms with Crippen LogP contribution in [-0.4, -0.2) is 21.3 Å². The number of anilines is 1. The van der Waals surface area contributed by atoms with Crippen LogP contribution in [0.4, 0.5) is 5.82 Å². The molecule has 1 atom stereocenters. The number of rotatable bonds is 5. The van der Waals surface area contributed by atoms with Gasteiger partial charge in [0.15, 0.2) is 0 Å². The van der Waals surface area contributed by atoms with Gasteiger partial charge in [-0.15, -0.1) is 4.37 Å². The number of hydrogen-bond acceptors (Lipinski definition) is 5. The van der Waals surface area contributed by atoms with Gasteiger partial charge in [-0.3, -0.25) is 0 Å². The zero-order valence-corrected chi connectivity index (χ0v) is 14.1. The maximum Gasteiger partial charge on any atom is 0.271 e. The maximum absolute atomic E-state index is 5.96. The second-order valence-corrected chi connectivity index (χ2v) is 6.45. The minimum Gasteiger partial charge on any atom is -0.470 e. The molecule has 0 bridgehead atoms. The van der Waals surface area contributed by atoms with Crippen LogP contribution in [0.5, 0.6) is 5.88 Å².